The predicted octanol–water partition coefficient (Wildman–Crippen LogP) is 1.86. The molecular formula is C12H24N2. The molecule has 0 bridgehead atoms. The van der Waals surface area contributed by atoms with Gasteiger partial charge in [0.1, 0.15) is 0 Å². The molecule has 0 amide bonds. The lowest BCUT2D eigenvalue weighted by molar-refractivity contribution is 0.136. The van der Waals surface area contributed by atoms with Gasteiger partial charge in [0, 0.05) is 32.2 Å². The Morgan fingerprint density at radius 2 is 2.21 bits per heavy atom. The Kier molecular flexibility index (Phi) is 3.13. The summed E-state index contributed by atoms with van der Waals surface area (Å²) < 4.78 is 0. The van der Waals surface area contributed by atoms with Crippen LogP contribution in [0.2, 0.25) is 0 Å². The number of nitrogens with one attached hydrogen (secondary N) is 1. The lowest BCUT2D eigenvalue weighted by Crippen LogP contribution is -2.51. The molecule has 2 heteroatoms. The van der Waals surface area contributed by atoms with E-state index in [1.807, 2.05) is 0 Å². The van der Waals surface area contributed by atoms with E-state index in [4.69, 9.17) is 0 Å². The van der Waals surface area contributed by atoms with Gasteiger partial charge in [-0.1, -0.05) is 13.3 Å². The Bertz CT molecular complexity index is 187. The van der Waals surface area contributed by atoms with Crippen molar-refractivity contribution in [2.75, 3.05) is 26.2 Å². The average Bonchev–Trinajstić information content (AvgIpc) is 2.90. The van der Waals surface area contributed by atoms with Crippen LogP contribution >= 0.6 is 0 Å². The molecule has 1 atom stereocenters. The van der Waals surface area contributed by atoms with E-state index in [1.165, 1.54) is 51.9 Å². The van der Waals surface area contributed by atoms with E-state index in [0.717, 1.165) is 11.5 Å². The summed E-state index contributed by atoms with van der Waals surface area (Å²) in [6, 6.07) is 0.748. The van der Waals surface area contributed by atoms with Crippen molar-refractivity contribution in [1.29, 1.82) is 0 Å². The molecule has 14 heavy (non-hydrogen) atoms. The second-order valence-corrected chi connectivity index (χ2v) is 5.27. The Hall–Kier alpha value is -0.0800. The minimum atomic E-state index is 0.736. The Labute approximate surface area is 88.1 Å². The molecule has 2 fully saturated rings. The second-order valence-electron chi connectivity index (χ2n) is 5.27. The molecule has 1 saturated heterocycles. The van der Waals surface area contributed by atoms with E-state index in [2.05, 4.69) is 24.1 Å². The highest BCUT2D eigenvalue weighted by Gasteiger charge is 2.43. The molecule has 0 aromatic carbocycles. The molecule has 0 spiro atoms. The molecular weight excluding hydrogens is 172 g/mol. The van der Waals surface area contributed by atoms with Crippen molar-refractivity contribution in [3.8, 4) is 0 Å². The third kappa shape index (κ3) is 2.29. The molecule has 1 unspecified atom stereocenters. The van der Waals surface area contributed by atoms with Crippen molar-refractivity contribution in [2.24, 2.45) is 5.41 Å². The van der Waals surface area contributed by atoms with Crippen molar-refractivity contribution in [1.82, 2.24) is 10.2 Å². The second kappa shape index (κ2) is 4.19. The summed E-state index contributed by atoms with van der Waals surface area (Å²) in [5, 5.41) is 3.46. The summed E-state index contributed by atoms with van der Waals surface area (Å²) >= 11 is 0. The molecule has 0 aromatic heterocycles. The van der Waals surface area contributed by atoms with Gasteiger partial charge in [0.2, 0.25) is 0 Å². The van der Waals surface area contributed by atoms with Crippen molar-refractivity contribution in [3.05, 3.63) is 0 Å². The highest BCUT2D eigenvalue weighted by atomic mass is 15.2. The zero-order chi connectivity index (χ0) is 10.0. The quantitative estimate of drug-likeness (QED) is 0.738. The highest BCUT2D eigenvalue weighted by molar-refractivity contribution is 4.96. The zero-order valence-corrected chi connectivity index (χ0v) is 9.68. The molecule has 0 aromatic rings. The number of hydrogen-bond donors (Lipinski definition) is 1. The van der Waals surface area contributed by atoms with E-state index >= 15 is 0 Å². The fraction of sp³-hybridized carbons (Fsp3) is 1.00. The third-order valence-electron chi connectivity index (χ3n) is 3.91. The first-order valence-electron chi connectivity index (χ1n) is 6.20. The van der Waals surface area contributed by atoms with E-state index < -0.39 is 0 Å². The van der Waals surface area contributed by atoms with Gasteiger partial charge in [-0.3, -0.25) is 4.90 Å². The van der Waals surface area contributed by atoms with E-state index in [1.54, 1.807) is 0 Å². The summed E-state index contributed by atoms with van der Waals surface area (Å²) in [7, 11) is 0. The topological polar surface area (TPSA) is 15.3 Å². The van der Waals surface area contributed by atoms with Gasteiger partial charge >= 0.3 is 0 Å². The summed E-state index contributed by atoms with van der Waals surface area (Å²) in [5.41, 5.74) is 0.736. The van der Waals surface area contributed by atoms with Crippen LogP contribution in [0.1, 0.15) is 39.5 Å². The number of hydrogen-bond acceptors (Lipinski definition) is 2. The molecule has 1 aliphatic carbocycles. The van der Waals surface area contributed by atoms with Crippen LogP contribution in [0.3, 0.4) is 0 Å². The van der Waals surface area contributed by atoms with Crippen LogP contribution in [0.25, 0.3) is 0 Å². The van der Waals surface area contributed by atoms with Crippen LogP contribution in [0.5, 0.6) is 0 Å². The van der Waals surface area contributed by atoms with Gasteiger partial charge in [-0.15, -0.1) is 0 Å². The predicted molar refractivity (Wildman–Crippen MR) is 60.5 cm³/mol. The summed E-state index contributed by atoms with van der Waals surface area (Å²) in [5.74, 6) is 0. The number of nitrogens with zero attached hydrogens (tertiary/aromatic N) is 1. The van der Waals surface area contributed by atoms with Crippen LogP contribution in [0, 0.1) is 5.41 Å². The van der Waals surface area contributed by atoms with Crippen LogP contribution in [-0.4, -0.2) is 37.1 Å². The first-order chi connectivity index (χ1) is 6.76. The standard InChI is InChI=1S/C12H24N2/c1-3-4-12(5-6-12)10-14-8-7-13-9-11(14)2/h11,13H,3-10H2,1-2H3. The van der Waals surface area contributed by atoms with Gasteiger partial charge in [0.25, 0.3) is 0 Å². The van der Waals surface area contributed by atoms with Crippen molar-refractivity contribution < 1.29 is 0 Å². The van der Waals surface area contributed by atoms with Gasteiger partial charge in [0.15, 0.2) is 0 Å². The van der Waals surface area contributed by atoms with Gasteiger partial charge in [-0.25, -0.2) is 0 Å². The van der Waals surface area contributed by atoms with Gasteiger partial charge in [0.05, 0.1) is 0 Å². The smallest absolute Gasteiger partial charge is 0.0193 e. The first-order valence-corrected chi connectivity index (χ1v) is 6.20. The van der Waals surface area contributed by atoms with Crippen LogP contribution in [-0.2, 0) is 0 Å². The minimum Gasteiger partial charge on any atom is -0.314 e. The van der Waals surface area contributed by atoms with E-state index in [9.17, 15) is 0 Å². The maximum atomic E-state index is 3.46. The first kappa shape index (κ1) is 10.4. The van der Waals surface area contributed by atoms with Crippen LogP contribution in [0.4, 0.5) is 0 Å². The van der Waals surface area contributed by atoms with E-state index in [-0.39, 0.29) is 0 Å². The van der Waals surface area contributed by atoms with Crippen LogP contribution in [0.15, 0.2) is 0 Å². The highest BCUT2D eigenvalue weighted by Crippen LogP contribution is 2.50. The molecule has 2 aliphatic rings. The molecule has 2 rings (SSSR count). The molecule has 1 saturated carbocycles. The summed E-state index contributed by atoms with van der Waals surface area (Å²) in [6.45, 7) is 9.67. The number of rotatable bonds is 4. The lowest BCUT2D eigenvalue weighted by atomic mass is 9.99. The number of piperazine rings is 1. The van der Waals surface area contributed by atoms with Crippen LogP contribution < -0.4 is 5.32 Å². The molecule has 82 valence electrons. The SMILES string of the molecule is CCCC1(CN2CCNCC2C)CC1. The largest absolute Gasteiger partial charge is 0.314 e. The summed E-state index contributed by atoms with van der Waals surface area (Å²) in [6.07, 6.45) is 5.78. The zero-order valence-electron chi connectivity index (χ0n) is 9.68. The van der Waals surface area contributed by atoms with E-state index in [0.29, 0.717) is 0 Å². The third-order valence-corrected chi connectivity index (χ3v) is 3.91. The maximum Gasteiger partial charge on any atom is 0.0193 e. The molecule has 1 heterocycles. The molecule has 1 N–H and O–H groups in total. The fourth-order valence-corrected chi connectivity index (χ4v) is 2.74. The monoisotopic (exact) mass is 196 g/mol. The van der Waals surface area contributed by atoms with Gasteiger partial charge in [-0.05, 0) is 31.6 Å². The lowest BCUT2D eigenvalue weighted by Gasteiger charge is -2.36. The Morgan fingerprint density at radius 3 is 2.79 bits per heavy atom. The van der Waals surface area contributed by atoms with Gasteiger partial charge in [-0.2, -0.15) is 0 Å². The maximum absolute atomic E-state index is 3.46. The molecule has 2 nitrogen and oxygen atoms in total. The normalized spacial score (nSPS) is 31.7. The van der Waals surface area contributed by atoms with Crippen molar-refractivity contribution in [2.45, 2.75) is 45.6 Å². The van der Waals surface area contributed by atoms with Gasteiger partial charge < -0.3 is 5.32 Å². The summed E-state index contributed by atoms with van der Waals surface area (Å²) in [4.78, 5) is 2.69. The van der Waals surface area contributed by atoms with Crippen molar-refractivity contribution in [3.63, 3.8) is 0 Å². The van der Waals surface area contributed by atoms with Crippen molar-refractivity contribution >= 4 is 0 Å². The molecule has 1 aliphatic heterocycles. The average molecular weight is 196 g/mol. The molecule has 0 radical (unpaired) electrons. The fourth-order valence-electron chi connectivity index (χ4n) is 2.74. The Morgan fingerprint density at radius 1 is 1.43 bits per heavy atom. The Balaban J connectivity index is 1.83. The minimum absolute atomic E-state index is 0.736.